The van der Waals surface area contributed by atoms with Gasteiger partial charge in [-0.2, -0.15) is 0 Å². The smallest absolute Gasteiger partial charge is 0.260 e. The Labute approximate surface area is 88.7 Å². The van der Waals surface area contributed by atoms with Gasteiger partial charge in [-0.05, 0) is 24.5 Å². The molecule has 1 heterocycles. The second-order valence-electron chi connectivity index (χ2n) is 3.29. The molecule has 1 rings (SSSR count). The molecular formula is C11H15N2O2. The van der Waals surface area contributed by atoms with Crippen molar-refractivity contribution in [2.75, 3.05) is 7.05 Å². The quantitative estimate of drug-likeness (QED) is 0.770. The van der Waals surface area contributed by atoms with Gasteiger partial charge in [-0.15, -0.1) is 0 Å². The number of hydrogen-bond donors (Lipinski definition) is 2. The molecule has 0 spiro atoms. The van der Waals surface area contributed by atoms with E-state index in [0.29, 0.717) is 0 Å². The number of amides is 1. The highest BCUT2D eigenvalue weighted by atomic mass is 16.2. The summed E-state index contributed by atoms with van der Waals surface area (Å²) in [6.45, 7) is 3.74. The van der Waals surface area contributed by atoms with Crippen LogP contribution in [0.1, 0.15) is 28.8 Å². The summed E-state index contributed by atoms with van der Waals surface area (Å²) in [5.74, 6) is -0.354. The average Bonchev–Trinajstić information content (AvgIpc) is 2.27. The number of unbranched alkanes of at least 4 members (excludes halogenated alkanes) is 1. The predicted molar refractivity (Wildman–Crippen MR) is 58.7 cm³/mol. The van der Waals surface area contributed by atoms with Gasteiger partial charge in [-0.1, -0.05) is 13.3 Å². The Hall–Kier alpha value is -1.58. The second kappa shape index (κ2) is 5.34. The lowest BCUT2D eigenvalue weighted by atomic mass is 10.1. The molecule has 4 nitrogen and oxygen atoms in total. The number of pyridine rings is 1. The molecule has 1 amide bonds. The van der Waals surface area contributed by atoms with Crippen LogP contribution in [0.2, 0.25) is 0 Å². The highest BCUT2D eigenvalue weighted by molar-refractivity contribution is 5.93. The molecule has 0 aromatic carbocycles. The van der Waals surface area contributed by atoms with Crippen LogP contribution >= 0.6 is 0 Å². The monoisotopic (exact) mass is 207 g/mol. The Morgan fingerprint density at radius 1 is 1.60 bits per heavy atom. The Balaban J connectivity index is 2.95. The molecule has 0 aliphatic carbocycles. The summed E-state index contributed by atoms with van der Waals surface area (Å²) in [6.07, 6.45) is 4.25. The van der Waals surface area contributed by atoms with E-state index in [4.69, 9.17) is 0 Å². The predicted octanol–water partition coefficient (Wildman–Crippen LogP) is 0.891. The number of nitrogens with one attached hydrogen (secondary N) is 2. The zero-order valence-electron chi connectivity index (χ0n) is 8.80. The lowest BCUT2D eigenvalue weighted by Crippen LogP contribution is -2.26. The summed E-state index contributed by atoms with van der Waals surface area (Å²) in [5, 5.41) is 2.43. The van der Waals surface area contributed by atoms with Gasteiger partial charge in [0.05, 0.1) is 0 Å². The van der Waals surface area contributed by atoms with Crippen LogP contribution in [-0.2, 0) is 6.42 Å². The maximum absolute atomic E-state index is 11.3. The molecule has 0 fully saturated rings. The van der Waals surface area contributed by atoms with E-state index in [0.717, 1.165) is 24.8 Å². The van der Waals surface area contributed by atoms with Gasteiger partial charge >= 0.3 is 0 Å². The summed E-state index contributed by atoms with van der Waals surface area (Å²) in [7, 11) is 1.50. The number of aromatic amines is 1. The standard InChI is InChI=1S/C11H15N2O2/c1-3-4-5-8-6-9(10(14)12-2)11(15)13-7-8/h6-7H,1,3-5H2,2H3,(H,12,14)(H,13,15). The van der Waals surface area contributed by atoms with E-state index >= 15 is 0 Å². The van der Waals surface area contributed by atoms with Crippen LogP contribution in [0.15, 0.2) is 17.1 Å². The van der Waals surface area contributed by atoms with Crippen LogP contribution in [0, 0.1) is 6.92 Å². The molecular weight excluding hydrogens is 192 g/mol. The van der Waals surface area contributed by atoms with Gasteiger partial charge in [-0.3, -0.25) is 9.59 Å². The largest absolute Gasteiger partial charge is 0.355 e. The molecule has 0 unspecified atom stereocenters. The first-order valence-corrected chi connectivity index (χ1v) is 4.92. The summed E-state index contributed by atoms with van der Waals surface area (Å²) in [4.78, 5) is 25.2. The van der Waals surface area contributed by atoms with Crippen molar-refractivity contribution in [2.24, 2.45) is 0 Å². The molecule has 4 heteroatoms. The molecule has 15 heavy (non-hydrogen) atoms. The Morgan fingerprint density at radius 2 is 2.33 bits per heavy atom. The molecule has 0 atom stereocenters. The van der Waals surface area contributed by atoms with Crippen LogP contribution in [-0.4, -0.2) is 17.9 Å². The van der Waals surface area contributed by atoms with Gasteiger partial charge in [0.1, 0.15) is 5.56 Å². The summed E-state index contributed by atoms with van der Waals surface area (Å²) in [5.41, 5.74) is 0.767. The van der Waals surface area contributed by atoms with Crippen LogP contribution in [0.25, 0.3) is 0 Å². The van der Waals surface area contributed by atoms with Crippen molar-refractivity contribution in [3.05, 3.63) is 40.7 Å². The number of hydrogen-bond acceptors (Lipinski definition) is 2. The van der Waals surface area contributed by atoms with E-state index < -0.39 is 0 Å². The zero-order chi connectivity index (χ0) is 11.3. The zero-order valence-corrected chi connectivity index (χ0v) is 8.80. The number of carbonyl (C=O) groups excluding carboxylic acids is 1. The van der Waals surface area contributed by atoms with Gasteiger partial charge in [0, 0.05) is 13.2 Å². The topological polar surface area (TPSA) is 62.0 Å². The van der Waals surface area contributed by atoms with Gasteiger partial charge in [-0.25, -0.2) is 0 Å². The fourth-order valence-electron chi connectivity index (χ4n) is 1.31. The highest BCUT2D eigenvalue weighted by Crippen LogP contribution is 2.03. The number of aryl methyl sites for hydroxylation is 1. The highest BCUT2D eigenvalue weighted by Gasteiger charge is 2.08. The van der Waals surface area contributed by atoms with Crippen molar-refractivity contribution in [3.63, 3.8) is 0 Å². The van der Waals surface area contributed by atoms with Crippen molar-refractivity contribution in [1.82, 2.24) is 10.3 Å². The molecule has 1 aromatic heterocycles. The Bertz CT molecular complexity index is 396. The Kier molecular flexibility index (Phi) is 4.09. The summed E-state index contributed by atoms with van der Waals surface area (Å²) < 4.78 is 0. The summed E-state index contributed by atoms with van der Waals surface area (Å²) >= 11 is 0. The molecule has 1 radical (unpaired) electrons. The van der Waals surface area contributed by atoms with E-state index in [1.165, 1.54) is 7.05 Å². The van der Waals surface area contributed by atoms with Gasteiger partial charge in [0.25, 0.3) is 11.5 Å². The third-order valence-electron chi connectivity index (χ3n) is 2.15. The van der Waals surface area contributed by atoms with Crippen molar-refractivity contribution in [2.45, 2.75) is 19.3 Å². The van der Waals surface area contributed by atoms with Crippen molar-refractivity contribution < 1.29 is 4.79 Å². The molecule has 1 aromatic rings. The molecule has 2 N–H and O–H groups in total. The van der Waals surface area contributed by atoms with E-state index in [1.54, 1.807) is 12.3 Å². The van der Waals surface area contributed by atoms with Crippen LogP contribution < -0.4 is 10.9 Å². The minimum Gasteiger partial charge on any atom is -0.355 e. The van der Waals surface area contributed by atoms with Crippen molar-refractivity contribution >= 4 is 5.91 Å². The summed E-state index contributed by atoms with van der Waals surface area (Å²) in [6, 6.07) is 1.63. The van der Waals surface area contributed by atoms with Gasteiger partial charge in [0.15, 0.2) is 0 Å². The third-order valence-corrected chi connectivity index (χ3v) is 2.15. The Morgan fingerprint density at radius 3 is 2.93 bits per heavy atom. The van der Waals surface area contributed by atoms with Crippen molar-refractivity contribution in [3.8, 4) is 0 Å². The lowest BCUT2D eigenvalue weighted by molar-refractivity contribution is 0.0961. The van der Waals surface area contributed by atoms with Crippen LogP contribution in [0.4, 0.5) is 0 Å². The van der Waals surface area contributed by atoms with Crippen LogP contribution in [0.3, 0.4) is 0 Å². The van der Waals surface area contributed by atoms with E-state index in [-0.39, 0.29) is 17.0 Å². The third kappa shape index (κ3) is 2.94. The SMILES string of the molecule is [CH2]CCCc1c[nH]c(=O)c(C(=O)NC)c1. The normalized spacial score (nSPS) is 10.0. The fraction of sp³-hybridized carbons (Fsp3) is 0.364. The lowest BCUT2D eigenvalue weighted by Gasteiger charge is -2.02. The number of rotatable bonds is 4. The second-order valence-corrected chi connectivity index (χ2v) is 3.29. The van der Waals surface area contributed by atoms with Crippen LogP contribution in [0.5, 0.6) is 0 Å². The maximum atomic E-state index is 11.3. The van der Waals surface area contributed by atoms with E-state index in [9.17, 15) is 9.59 Å². The molecule has 0 bridgehead atoms. The van der Waals surface area contributed by atoms with Gasteiger partial charge in [0.2, 0.25) is 0 Å². The maximum Gasteiger partial charge on any atom is 0.260 e. The van der Waals surface area contributed by atoms with Gasteiger partial charge < -0.3 is 10.3 Å². The molecule has 0 aliphatic rings. The molecule has 0 aliphatic heterocycles. The minimum atomic E-state index is -0.354. The first-order chi connectivity index (χ1) is 7.19. The first kappa shape index (κ1) is 11.5. The average molecular weight is 207 g/mol. The molecule has 0 saturated carbocycles. The first-order valence-electron chi connectivity index (χ1n) is 4.92. The number of aromatic nitrogens is 1. The minimum absolute atomic E-state index is 0.166. The number of H-pyrrole nitrogens is 1. The van der Waals surface area contributed by atoms with Crippen molar-refractivity contribution in [1.29, 1.82) is 0 Å². The number of carbonyl (C=O) groups is 1. The fourth-order valence-corrected chi connectivity index (χ4v) is 1.31. The molecule has 81 valence electrons. The van der Waals surface area contributed by atoms with E-state index in [1.807, 2.05) is 0 Å². The molecule has 0 saturated heterocycles. The van der Waals surface area contributed by atoms with E-state index in [2.05, 4.69) is 17.2 Å².